The highest BCUT2D eigenvalue weighted by Crippen LogP contribution is 2.13. The minimum atomic E-state index is -0.896. The highest BCUT2D eigenvalue weighted by molar-refractivity contribution is 6.40. The molecule has 0 fully saturated rings. The van der Waals surface area contributed by atoms with Gasteiger partial charge < -0.3 is 9.47 Å². The van der Waals surface area contributed by atoms with Crippen LogP contribution in [0, 0.1) is 0 Å². The molecule has 0 radical (unpaired) electrons. The Bertz CT molecular complexity index is 433. The summed E-state index contributed by atoms with van der Waals surface area (Å²) in [6.07, 6.45) is 0. The van der Waals surface area contributed by atoms with Gasteiger partial charge in [0, 0.05) is 12.5 Å². The lowest BCUT2D eigenvalue weighted by molar-refractivity contribution is -0.137. The summed E-state index contributed by atoms with van der Waals surface area (Å²) < 4.78 is 9.37. The molecule has 0 aliphatic heterocycles. The zero-order chi connectivity index (χ0) is 12.8. The Kier molecular flexibility index (Phi) is 4.39. The molecule has 90 valence electrons. The molecule has 0 aliphatic rings. The first-order valence-corrected chi connectivity index (χ1v) is 5.04. The van der Waals surface area contributed by atoms with E-state index >= 15 is 0 Å². The SMILES string of the molecule is CCOC(=O)C(=O)c1ccc(OC(C)=O)cc1. The lowest BCUT2D eigenvalue weighted by atomic mass is 10.1. The first-order valence-electron chi connectivity index (χ1n) is 5.04. The van der Waals surface area contributed by atoms with Gasteiger partial charge >= 0.3 is 11.9 Å². The molecule has 0 amide bonds. The Hall–Kier alpha value is -2.17. The molecule has 0 spiro atoms. The largest absolute Gasteiger partial charge is 0.460 e. The summed E-state index contributed by atoms with van der Waals surface area (Å²) in [7, 11) is 0. The Morgan fingerprint density at radius 2 is 1.71 bits per heavy atom. The number of ketones is 1. The van der Waals surface area contributed by atoms with Gasteiger partial charge in [-0.3, -0.25) is 9.59 Å². The van der Waals surface area contributed by atoms with Crippen molar-refractivity contribution in [1.82, 2.24) is 0 Å². The number of carbonyl (C=O) groups excluding carboxylic acids is 3. The highest BCUT2D eigenvalue weighted by atomic mass is 16.5. The van der Waals surface area contributed by atoms with Gasteiger partial charge in [-0.2, -0.15) is 0 Å². The van der Waals surface area contributed by atoms with Gasteiger partial charge in [-0.05, 0) is 31.2 Å². The molecule has 0 N–H and O–H groups in total. The Morgan fingerprint density at radius 1 is 1.12 bits per heavy atom. The van der Waals surface area contributed by atoms with Crippen molar-refractivity contribution in [2.24, 2.45) is 0 Å². The van der Waals surface area contributed by atoms with Crippen LogP contribution in [0.15, 0.2) is 24.3 Å². The first-order chi connectivity index (χ1) is 8.04. The second kappa shape index (κ2) is 5.79. The van der Waals surface area contributed by atoms with E-state index in [9.17, 15) is 14.4 Å². The van der Waals surface area contributed by atoms with E-state index in [1.54, 1.807) is 6.92 Å². The molecule has 0 aliphatic carbocycles. The van der Waals surface area contributed by atoms with Gasteiger partial charge in [0.1, 0.15) is 5.75 Å². The van der Waals surface area contributed by atoms with Crippen molar-refractivity contribution in [3.8, 4) is 5.75 Å². The quantitative estimate of drug-likeness (QED) is 0.341. The highest BCUT2D eigenvalue weighted by Gasteiger charge is 2.17. The van der Waals surface area contributed by atoms with Crippen LogP contribution in [0.5, 0.6) is 5.75 Å². The second-order valence-electron chi connectivity index (χ2n) is 3.17. The molecule has 0 saturated carbocycles. The predicted octanol–water partition coefficient (Wildman–Crippen LogP) is 1.36. The van der Waals surface area contributed by atoms with Gasteiger partial charge in [0.05, 0.1) is 6.61 Å². The van der Waals surface area contributed by atoms with Gasteiger partial charge in [-0.1, -0.05) is 0 Å². The topological polar surface area (TPSA) is 69.7 Å². The lowest BCUT2D eigenvalue weighted by Gasteiger charge is -2.03. The summed E-state index contributed by atoms with van der Waals surface area (Å²) in [6.45, 7) is 3.04. The van der Waals surface area contributed by atoms with E-state index in [2.05, 4.69) is 4.74 Å². The van der Waals surface area contributed by atoms with E-state index in [-0.39, 0.29) is 12.2 Å². The van der Waals surface area contributed by atoms with Crippen molar-refractivity contribution in [2.75, 3.05) is 6.61 Å². The summed E-state index contributed by atoms with van der Waals surface area (Å²) in [4.78, 5) is 33.3. The van der Waals surface area contributed by atoms with E-state index in [0.717, 1.165) is 0 Å². The third kappa shape index (κ3) is 3.71. The number of hydrogen-bond acceptors (Lipinski definition) is 5. The molecule has 1 aromatic rings. The van der Waals surface area contributed by atoms with E-state index in [0.29, 0.717) is 5.75 Å². The number of esters is 2. The number of carbonyl (C=O) groups is 3. The summed E-state index contributed by atoms with van der Waals surface area (Å²) in [5.74, 6) is -1.75. The minimum absolute atomic E-state index is 0.149. The normalized spacial score (nSPS) is 9.53. The molecule has 17 heavy (non-hydrogen) atoms. The molecule has 0 unspecified atom stereocenters. The fourth-order valence-corrected chi connectivity index (χ4v) is 1.15. The first kappa shape index (κ1) is 12.9. The van der Waals surface area contributed by atoms with Crippen LogP contribution in [0.4, 0.5) is 0 Å². The maximum absolute atomic E-state index is 11.5. The molecule has 5 heteroatoms. The lowest BCUT2D eigenvalue weighted by Crippen LogP contribution is -2.17. The number of ether oxygens (including phenoxy) is 2. The number of rotatable bonds is 4. The van der Waals surface area contributed by atoms with E-state index in [4.69, 9.17) is 4.74 Å². The number of Topliss-reactive ketones (excluding diaryl/α,β-unsaturated/α-hetero) is 1. The van der Waals surface area contributed by atoms with Gasteiger partial charge in [0.2, 0.25) is 0 Å². The smallest absolute Gasteiger partial charge is 0.379 e. The fraction of sp³-hybridized carbons (Fsp3) is 0.250. The van der Waals surface area contributed by atoms with E-state index in [1.165, 1.54) is 31.2 Å². The van der Waals surface area contributed by atoms with Crippen LogP contribution < -0.4 is 4.74 Å². The molecule has 0 bridgehead atoms. The zero-order valence-electron chi connectivity index (χ0n) is 9.56. The molecule has 1 aromatic carbocycles. The van der Waals surface area contributed by atoms with Crippen molar-refractivity contribution < 1.29 is 23.9 Å². The predicted molar refractivity (Wildman–Crippen MR) is 58.7 cm³/mol. The maximum atomic E-state index is 11.5. The Labute approximate surface area is 98.3 Å². The molecule has 0 saturated heterocycles. The fourth-order valence-electron chi connectivity index (χ4n) is 1.15. The third-order valence-electron chi connectivity index (χ3n) is 1.84. The van der Waals surface area contributed by atoms with Crippen LogP contribution in [-0.4, -0.2) is 24.3 Å². The minimum Gasteiger partial charge on any atom is -0.460 e. The van der Waals surface area contributed by atoms with E-state index in [1.807, 2.05) is 0 Å². The number of benzene rings is 1. The van der Waals surface area contributed by atoms with Crippen LogP contribution in [0.3, 0.4) is 0 Å². The molecule has 0 aromatic heterocycles. The van der Waals surface area contributed by atoms with Crippen molar-refractivity contribution in [1.29, 1.82) is 0 Å². The van der Waals surface area contributed by atoms with Crippen LogP contribution >= 0.6 is 0 Å². The van der Waals surface area contributed by atoms with Gasteiger partial charge in [-0.25, -0.2) is 4.79 Å². The van der Waals surface area contributed by atoms with Crippen LogP contribution in [0.2, 0.25) is 0 Å². The average molecular weight is 236 g/mol. The Morgan fingerprint density at radius 3 is 2.18 bits per heavy atom. The molecule has 1 rings (SSSR count). The Balaban J connectivity index is 2.77. The van der Waals surface area contributed by atoms with Crippen molar-refractivity contribution >= 4 is 17.7 Å². The molecule has 5 nitrogen and oxygen atoms in total. The third-order valence-corrected chi connectivity index (χ3v) is 1.84. The molecule has 0 atom stereocenters. The average Bonchev–Trinajstić information content (AvgIpc) is 2.28. The maximum Gasteiger partial charge on any atom is 0.379 e. The standard InChI is InChI=1S/C12H12O5/c1-3-16-12(15)11(14)9-4-6-10(7-5-9)17-8(2)13/h4-7H,3H2,1-2H3. The molecular formula is C12H12O5. The van der Waals surface area contributed by atoms with Crippen LogP contribution in [-0.2, 0) is 14.3 Å². The van der Waals surface area contributed by atoms with Crippen molar-refractivity contribution in [2.45, 2.75) is 13.8 Å². The van der Waals surface area contributed by atoms with Crippen LogP contribution in [0.25, 0.3) is 0 Å². The second-order valence-corrected chi connectivity index (χ2v) is 3.17. The van der Waals surface area contributed by atoms with Crippen molar-refractivity contribution in [3.63, 3.8) is 0 Å². The summed E-state index contributed by atoms with van der Waals surface area (Å²) in [5, 5.41) is 0. The van der Waals surface area contributed by atoms with Crippen LogP contribution in [0.1, 0.15) is 24.2 Å². The number of hydrogen-bond donors (Lipinski definition) is 0. The monoisotopic (exact) mass is 236 g/mol. The van der Waals surface area contributed by atoms with Gasteiger partial charge in [-0.15, -0.1) is 0 Å². The van der Waals surface area contributed by atoms with Gasteiger partial charge in [0.25, 0.3) is 5.78 Å². The summed E-state index contributed by atoms with van der Waals surface area (Å²) >= 11 is 0. The van der Waals surface area contributed by atoms with Crippen molar-refractivity contribution in [3.05, 3.63) is 29.8 Å². The molecular weight excluding hydrogens is 224 g/mol. The summed E-state index contributed by atoms with van der Waals surface area (Å²) in [6, 6.07) is 5.68. The molecule has 0 heterocycles. The van der Waals surface area contributed by atoms with Gasteiger partial charge in [0.15, 0.2) is 0 Å². The summed E-state index contributed by atoms with van der Waals surface area (Å²) in [5.41, 5.74) is 0.194. The van der Waals surface area contributed by atoms with E-state index < -0.39 is 17.7 Å². The zero-order valence-corrected chi connectivity index (χ0v) is 9.56.